The Labute approximate surface area is 124 Å². The Bertz CT molecular complexity index is 731. The van der Waals surface area contributed by atoms with Gasteiger partial charge in [0.2, 0.25) is 0 Å². The van der Waals surface area contributed by atoms with Gasteiger partial charge in [0.25, 0.3) is 5.91 Å². The van der Waals surface area contributed by atoms with Gasteiger partial charge in [0, 0.05) is 18.1 Å². The monoisotopic (exact) mass is 298 g/mol. The molecule has 0 unspecified atom stereocenters. The minimum Gasteiger partial charge on any atom is -0.320 e. The summed E-state index contributed by atoms with van der Waals surface area (Å²) >= 11 is 1.42. The predicted octanol–water partition coefficient (Wildman–Crippen LogP) is 2.00. The van der Waals surface area contributed by atoms with Crippen LogP contribution in [0.25, 0.3) is 0 Å². The van der Waals surface area contributed by atoms with Crippen LogP contribution in [0.15, 0.2) is 59.0 Å². The van der Waals surface area contributed by atoms with Gasteiger partial charge < -0.3 is 5.32 Å². The van der Waals surface area contributed by atoms with Crippen LogP contribution in [-0.2, 0) is 0 Å². The second-order valence-electron chi connectivity index (χ2n) is 3.96. The molecule has 0 radical (unpaired) electrons. The van der Waals surface area contributed by atoms with Crippen LogP contribution in [0.1, 0.15) is 10.5 Å². The highest BCUT2D eigenvalue weighted by Gasteiger charge is 2.09. The van der Waals surface area contributed by atoms with Crippen molar-refractivity contribution in [3.05, 3.63) is 54.6 Å². The lowest BCUT2D eigenvalue weighted by atomic mass is 10.3. The van der Waals surface area contributed by atoms with E-state index in [0.717, 1.165) is 10.1 Å². The van der Waals surface area contributed by atoms with E-state index in [0.29, 0.717) is 5.69 Å². The molecule has 2 N–H and O–H groups in total. The number of amides is 1. The van der Waals surface area contributed by atoms with Crippen molar-refractivity contribution < 1.29 is 4.79 Å². The van der Waals surface area contributed by atoms with E-state index in [2.05, 4.69) is 30.7 Å². The van der Waals surface area contributed by atoms with Crippen LogP contribution in [-0.4, -0.2) is 31.3 Å². The van der Waals surface area contributed by atoms with Gasteiger partial charge in [-0.15, -0.1) is 0 Å². The topological polar surface area (TPSA) is 96.5 Å². The summed E-state index contributed by atoms with van der Waals surface area (Å²) in [5.41, 5.74) is 0.863. The Morgan fingerprint density at radius 3 is 2.81 bits per heavy atom. The first-order valence-corrected chi connectivity index (χ1v) is 6.85. The maximum atomic E-state index is 11.9. The van der Waals surface area contributed by atoms with Crippen LogP contribution in [0.3, 0.4) is 0 Å². The third-order valence-corrected chi connectivity index (χ3v) is 3.37. The molecule has 0 atom stereocenters. The molecule has 21 heavy (non-hydrogen) atoms. The standard InChI is InChI=1S/C13H10N6OS/c20-13(10-8-16-19-18-10)17-9-4-6-15-12(7-9)21-11-3-1-2-5-14-11/h1-8H,(H,15,17,20)(H,16,18,19). The quantitative estimate of drug-likeness (QED) is 0.764. The molecule has 3 aromatic heterocycles. The molecular formula is C13H10N6OS. The van der Waals surface area contributed by atoms with Crippen LogP contribution < -0.4 is 5.32 Å². The molecule has 0 aromatic carbocycles. The van der Waals surface area contributed by atoms with Gasteiger partial charge in [-0.3, -0.25) is 4.79 Å². The summed E-state index contributed by atoms with van der Waals surface area (Å²) in [6.07, 6.45) is 4.71. The van der Waals surface area contributed by atoms with E-state index in [1.807, 2.05) is 18.2 Å². The number of pyridine rings is 2. The van der Waals surface area contributed by atoms with E-state index in [4.69, 9.17) is 0 Å². The van der Waals surface area contributed by atoms with Crippen LogP contribution in [0.2, 0.25) is 0 Å². The number of carbonyl (C=O) groups excluding carboxylic acids is 1. The van der Waals surface area contributed by atoms with Crippen LogP contribution in [0.5, 0.6) is 0 Å². The summed E-state index contributed by atoms with van der Waals surface area (Å²) in [6, 6.07) is 9.14. The van der Waals surface area contributed by atoms with Crippen molar-refractivity contribution in [3.8, 4) is 0 Å². The van der Waals surface area contributed by atoms with Gasteiger partial charge in [0.05, 0.1) is 6.20 Å². The number of H-pyrrole nitrogens is 1. The Kier molecular flexibility index (Phi) is 3.88. The highest BCUT2D eigenvalue weighted by Crippen LogP contribution is 2.25. The van der Waals surface area contributed by atoms with Crippen LogP contribution >= 0.6 is 11.8 Å². The van der Waals surface area contributed by atoms with E-state index < -0.39 is 0 Å². The second-order valence-corrected chi connectivity index (χ2v) is 5.00. The second kappa shape index (κ2) is 6.14. The molecular weight excluding hydrogens is 288 g/mol. The van der Waals surface area contributed by atoms with Crippen molar-refractivity contribution in [2.75, 3.05) is 5.32 Å². The normalized spacial score (nSPS) is 10.3. The zero-order valence-electron chi connectivity index (χ0n) is 10.7. The fourth-order valence-corrected chi connectivity index (χ4v) is 2.34. The zero-order chi connectivity index (χ0) is 14.5. The molecule has 0 aliphatic rings. The van der Waals surface area contributed by atoms with Crippen LogP contribution in [0, 0.1) is 0 Å². The summed E-state index contributed by atoms with van der Waals surface area (Å²) in [7, 11) is 0. The lowest BCUT2D eigenvalue weighted by molar-refractivity contribution is 0.102. The summed E-state index contributed by atoms with van der Waals surface area (Å²) < 4.78 is 0. The number of aromatic amines is 1. The molecule has 0 saturated carbocycles. The van der Waals surface area contributed by atoms with E-state index in [1.165, 1.54) is 18.0 Å². The number of anilines is 1. The number of rotatable bonds is 4. The molecule has 104 valence electrons. The molecule has 3 heterocycles. The van der Waals surface area contributed by atoms with Gasteiger partial charge in [-0.1, -0.05) is 17.8 Å². The Morgan fingerprint density at radius 1 is 1.14 bits per heavy atom. The van der Waals surface area contributed by atoms with Gasteiger partial charge in [-0.05, 0) is 24.3 Å². The van der Waals surface area contributed by atoms with Crippen molar-refractivity contribution in [2.24, 2.45) is 0 Å². The Morgan fingerprint density at radius 2 is 2.05 bits per heavy atom. The Balaban J connectivity index is 1.73. The first-order chi connectivity index (χ1) is 10.3. The number of carbonyl (C=O) groups is 1. The highest BCUT2D eigenvalue weighted by atomic mass is 32.2. The molecule has 7 nitrogen and oxygen atoms in total. The molecule has 1 amide bonds. The zero-order valence-corrected chi connectivity index (χ0v) is 11.5. The minimum absolute atomic E-state index is 0.228. The summed E-state index contributed by atoms with van der Waals surface area (Å²) in [5, 5.41) is 14.0. The van der Waals surface area contributed by atoms with Gasteiger partial charge in [0.1, 0.15) is 10.1 Å². The molecule has 0 aliphatic carbocycles. The number of hydrogen-bond acceptors (Lipinski definition) is 6. The highest BCUT2D eigenvalue weighted by molar-refractivity contribution is 7.99. The van der Waals surface area contributed by atoms with Gasteiger partial charge in [0.15, 0.2) is 5.69 Å². The number of nitrogens with zero attached hydrogens (tertiary/aromatic N) is 4. The van der Waals surface area contributed by atoms with Gasteiger partial charge >= 0.3 is 0 Å². The first-order valence-electron chi connectivity index (χ1n) is 6.03. The molecule has 3 rings (SSSR count). The number of nitrogens with one attached hydrogen (secondary N) is 2. The maximum Gasteiger partial charge on any atom is 0.277 e. The fraction of sp³-hybridized carbons (Fsp3) is 0. The molecule has 0 aliphatic heterocycles. The van der Waals surface area contributed by atoms with Crippen molar-refractivity contribution in [3.63, 3.8) is 0 Å². The third kappa shape index (κ3) is 3.42. The summed E-state index contributed by atoms with van der Waals surface area (Å²) in [5.74, 6) is -0.330. The minimum atomic E-state index is -0.330. The van der Waals surface area contributed by atoms with Crippen molar-refractivity contribution in [1.82, 2.24) is 25.4 Å². The van der Waals surface area contributed by atoms with E-state index in [-0.39, 0.29) is 11.6 Å². The van der Waals surface area contributed by atoms with Crippen molar-refractivity contribution >= 4 is 23.4 Å². The first kappa shape index (κ1) is 13.3. The number of aromatic nitrogens is 5. The summed E-state index contributed by atoms with van der Waals surface area (Å²) in [6.45, 7) is 0. The average Bonchev–Trinajstić information content (AvgIpc) is 3.03. The lowest BCUT2D eigenvalue weighted by Gasteiger charge is -2.05. The fourth-order valence-electron chi connectivity index (χ4n) is 1.56. The third-order valence-electron chi connectivity index (χ3n) is 2.49. The van der Waals surface area contributed by atoms with E-state index in [1.54, 1.807) is 24.5 Å². The van der Waals surface area contributed by atoms with E-state index in [9.17, 15) is 4.79 Å². The van der Waals surface area contributed by atoms with Gasteiger partial charge in [-0.2, -0.15) is 15.4 Å². The largest absolute Gasteiger partial charge is 0.320 e. The SMILES string of the molecule is O=C(Nc1ccnc(Sc2ccccn2)c1)c1cn[nH]n1. The molecule has 0 fully saturated rings. The average molecular weight is 298 g/mol. The van der Waals surface area contributed by atoms with Gasteiger partial charge in [-0.25, -0.2) is 9.97 Å². The maximum absolute atomic E-state index is 11.9. The lowest BCUT2D eigenvalue weighted by Crippen LogP contribution is -2.12. The molecule has 0 spiro atoms. The van der Waals surface area contributed by atoms with Crippen molar-refractivity contribution in [1.29, 1.82) is 0 Å². The summed E-state index contributed by atoms with van der Waals surface area (Å²) in [4.78, 5) is 20.3. The molecule has 8 heteroatoms. The van der Waals surface area contributed by atoms with E-state index >= 15 is 0 Å². The smallest absolute Gasteiger partial charge is 0.277 e. The predicted molar refractivity (Wildman–Crippen MR) is 76.9 cm³/mol. The Hall–Kier alpha value is -2.74. The van der Waals surface area contributed by atoms with Crippen molar-refractivity contribution in [2.45, 2.75) is 10.1 Å². The molecule has 3 aromatic rings. The van der Waals surface area contributed by atoms with Crippen LogP contribution in [0.4, 0.5) is 5.69 Å². The number of hydrogen-bond donors (Lipinski definition) is 2. The molecule has 0 saturated heterocycles. The molecule has 0 bridgehead atoms.